The Balaban J connectivity index is 0.00000107. The molecule has 0 heterocycles. The molecule has 0 aromatic heterocycles. The minimum absolute atomic E-state index is 0.0833. The van der Waals surface area contributed by atoms with E-state index in [1.807, 2.05) is 0 Å². The van der Waals surface area contributed by atoms with Gasteiger partial charge in [0.05, 0.1) is 52.7 Å². The molecule has 0 amide bonds. The maximum absolute atomic E-state index is 12.3. The second kappa shape index (κ2) is 32.1. The van der Waals surface area contributed by atoms with Crippen molar-refractivity contribution in [1.82, 2.24) is 0 Å². The van der Waals surface area contributed by atoms with Crippen LogP contribution < -0.4 is 0 Å². The van der Waals surface area contributed by atoms with E-state index in [1.54, 1.807) is 6.92 Å². The van der Waals surface area contributed by atoms with E-state index in [4.69, 9.17) is 43.7 Å². The summed E-state index contributed by atoms with van der Waals surface area (Å²) in [6.07, 6.45) is 6.03. The van der Waals surface area contributed by atoms with Crippen molar-refractivity contribution in [3.8, 4) is 0 Å². The fourth-order valence-corrected chi connectivity index (χ4v) is 3.66. The zero-order valence-corrected chi connectivity index (χ0v) is 33.7. The predicted molar refractivity (Wildman–Crippen MR) is 222 cm³/mol. The molecule has 0 saturated heterocycles. The first-order chi connectivity index (χ1) is 28.7. The zero-order valence-electron chi connectivity index (χ0n) is 33.7. The average molecular weight is 833 g/mol. The summed E-state index contributed by atoms with van der Waals surface area (Å²) in [5.41, 5.74) is 1.78. The molecule has 0 bridgehead atoms. The molecule has 60 heavy (non-hydrogen) atoms. The molecular formula is C45H52O15. The summed E-state index contributed by atoms with van der Waals surface area (Å²) >= 11 is 0. The molecule has 0 aliphatic rings. The SMILES string of the molecule is C=CCO.C=CCOC(=O)c1ccc(C(=O)OCC(C)OC(=O)c2ccc(C(=O)OCC=C)cc2)cc1.C=CCOC(=O)c1ccc(C(=O)OCC=C)cc1.CC(O)CO. The average Bonchev–Trinajstić information content (AvgIpc) is 3.27. The molecule has 2 atom stereocenters. The van der Waals surface area contributed by atoms with E-state index in [2.05, 4.69) is 32.9 Å². The number of benzene rings is 3. The van der Waals surface area contributed by atoms with Gasteiger partial charge >= 0.3 is 35.8 Å². The Kier molecular flexibility index (Phi) is 28.4. The van der Waals surface area contributed by atoms with Crippen molar-refractivity contribution in [2.75, 3.05) is 46.2 Å². The highest BCUT2D eigenvalue weighted by atomic mass is 16.6. The lowest BCUT2D eigenvalue weighted by atomic mass is 10.1. The summed E-state index contributed by atoms with van der Waals surface area (Å²) in [6, 6.07) is 17.6. The Bertz CT molecular complexity index is 1780. The number of carbonyl (C=O) groups is 6. The molecule has 15 nitrogen and oxygen atoms in total. The lowest BCUT2D eigenvalue weighted by Gasteiger charge is -2.14. The molecular weight excluding hydrogens is 780 g/mol. The Morgan fingerprint density at radius 3 is 0.883 bits per heavy atom. The van der Waals surface area contributed by atoms with Crippen molar-refractivity contribution in [3.63, 3.8) is 0 Å². The highest BCUT2D eigenvalue weighted by Gasteiger charge is 2.17. The number of aliphatic hydroxyl groups is 3. The summed E-state index contributed by atoms with van der Waals surface area (Å²) in [5, 5.41) is 23.8. The third kappa shape index (κ3) is 22.7. The van der Waals surface area contributed by atoms with E-state index < -0.39 is 48.0 Å². The highest BCUT2D eigenvalue weighted by Crippen LogP contribution is 2.12. The van der Waals surface area contributed by atoms with Crippen LogP contribution in [0, 0.1) is 0 Å². The Hall–Kier alpha value is -6.94. The first kappa shape index (κ1) is 53.1. The van der Waals surface area contributed by atoms with Crippen molar-refractivity contribution in [2.45, 2.75) is 26.1 Å². The normalized spacial score (nSPS) is 10.5. The Morgan fingerprint density at radius 2 is 0.683 bits per heavy atom. The third-order valence-corrected chi connectivity index (χ3v) is 6.55. The van der Waals surface area contributed by atoms with Crippen LogP contribution in [0.5, 0.6) is 0 Å². The second-order valence-electron chi connectivity index (χ2n) is 11.6. The number of carbonyl (C=O) groups excluding carboxylic acids is 6. The fourth-order valence-electron chi connectivity index (χ4n) is 3.66. The van der Waals surface area contributed by atoms with Crippen LogP contribution in [-0.4, -0.2) is 110 Å². The van der Waals surface area contributed by atoms with Crippen LogP contribution in [0.3, 0.4) is 0 Å². The molecule has 3 aromatic rings. The van der Waals surface area contributed by atoms with Gasteiger partial charge < -0.3 is 43.7 Å². The largest absolute Gasteiger partial charge is 0.458 e. The molecule has 0 aliphatic heterocycles. The fraction of sp³-hybridized carbons (Fsp3) is 0.244. The first-order valence-electron chi connectivity index (χ1n) is 18.0. The Morgan fingerprint density at radius 1 is 0.467 bits per heavy atom. The quantitative estimate of drug-likeness (QED) is 0.0753. The lowest BCUT2D eigenvalue weighted by Crippen LogP contribution is -2.22. The maximum Gasteiger partial charge on any atom is 0.338 e. The van der Waals surface area contributed by atoms with Gasteiger partial charge in [-0.1, -0.05) is 56.7 Å². The van der Waals surface area contributed by atoms with Gasteiger partial charge in [0, 0.05) is 0 Å². The minimum atomic E-state index is -0.716. The zero-order chi connectivity index (χ0) is 45.3. The number of hydrogen-bond donors (Lipinski definition) is 3. The van der Waals surface area contributed by atoms with Crippen molar-refractivity contribution in [2.24, 2.45) is 0 Å². The van der Waals surface area contributed by atoms with Crippen LogP contribution in [-0.2, 0) is 28.4 Å². The molecule has 3 rings (SSSR count). The highest BCUT2D eigenvalue weighted by molar-refractivity contribution is 5.95. The van der Waals surface area contributed by atoms with Crippen molar-refractivity contribution < 1.29 is 72.5 Å². The number of ether oxygens (including phenoxy) is 6. The molecule has 0 fully saturated rings. The van der Waals surface area contributed by atoms with E-state index in [9.17, 15) is 28.8 Å². The molecule has 0 spiro atoms. The summed E-state index contributed by atoms with van der Waals surface area (Å²) < 4.78 is 30.0. The van der Waals surface area contributed by atoms with Gasteiger partial charge in [-0.2, -0.15) is 0 Å². The van der Waals surface area contributed by atoms with Crippen molar-refractivity contribution in [3.05, 3.63) is 169 Å². The van der Waals surface area contributed by atoms with E-state index in [1.165, 1.54) is 110 Å². The van der Waals surface area contributed by atoms with Crippen molar-refractivity contribution in [1.29, 1.82) is 0 Å². The standard InChI is InChI=1S/C25H24O8.C14H14O4.C3H8O2.C3H6O/c1-4-14-30-22(26)18-6-8-20(9-7-18)24(28)32-16-17(3)33-25(29)21-12-10-19(11-13-21)23(27)31-15-5-2;1-3-9-17-13(15)11-5-7-12(8-6-11)14(16)18-10-4-2;1-3(5)2-4;1-2-3-4/h4-13,17H,1-2,14-16H2,3H3;3-8H,1-2,9-10H2;3-5H,2H2,1H3;2,4H,1,3H2. The molecule has 0 radical (unpaired) electrons. The van der Waals surface area contributed by atoms with Crippen LogP contribution in [0.25, 0.3) is 0 Å². The number of aliphatic hydroxyl groups excluding tert-OH is 3. The molecule has 15 heteroatoms. The first-order valence-corrected chi connectivity index (χ1v) is 18.0. The minimum Gasteiger partial charge on any atom is -0.458 e. The van der Waals surface area contributed by atoms with Gasteiger partial charge in [-0.15, -0.1) is 6.58 Å². The van der Waals surface area contributed by atoms with Gasteiger partial charge in [0.1, 0.15) is 39.1 Å². The smallest absolute Gasteiger partial charge is 0.338 e. The molecule has 3 aromatic carbocycles. The summed E-state index contributed by atoms with van der Waals surface area (Å²) in [5.74, 6) is -3.24. The van der Waals surface area contributed by atoms with Gasteiger partial charge in [0.15, 0.2) is 0 Å². The van der Waals surface area contributed by atoms with Gasteiger partial charge in [0.25, 0.3) is 0 Å². The molecule has 0 aliphatic carbocycles. The summed E-state index contributed by atoms with van der Waals surface area (Å²) in [4.78, 5) is 70.9. The van der Waals surface area contributed by atoms with Crippen molar-refractivity contribution >= 4 is 35.8 Å². The lowest BCUT2D eigenvalue weighted by molar-refractivity contribution is 0.00447. The summed E-state index contributed by atoms with van der Waals surface area (Å²) in [6.45, 7) is 20.4. The van der Waals surface area contributed by atoms with Crippen LogP contribution >= 0.6 is 0 Å². The summed E-state index contributed by atoms with van der Waals surface area (Å²) in [7, 11) is 0. The van der Waals surface area contributed by atoms with E-state index >= 15 is 0 Å². The molecule has 322 valence electrons. The second-order valence-corrected chi connectivity index (χ2v) is 11.6. The number of esters is 6. The van der Waals surface area contributed by atoms with E-state index in [0.717, 1.165) is 0 Å². The maximum atomic E-state index is 12.3. The number of hydrogen-bond acceptors (Lipinski definition) is 15. The molecule has 3 N–H and O–H groups in total. The van der Waals surface area contributed by atoms with E-state index in [-0.39, 0.29) is 68.5 Å². The topological polar surface area (TPSA) is 218 Å². The predicted octanol–water partition coefficient (Wildman–Crippen LogP) is 5.67. The number of rotatable bonds is 19. The van der Waals surface area contributed by atoms with Crippen LogP contribution in [0.1, 0.15) is 76.0 Å². The third-order valence-electron chi connectivity index (χ3n) is 6.55. The van der Waals surface area contributed by atoms with Gasteiger partial charge in [-0.3, -0.25) is 0 Å². The molecule has 0 saturated carbocycles. The van der Waals surface area contributed by atoms with Gasteiger partial charge in [-0.05, 0) is 86.6 Å². The Labute approximate surface area is 349 Å². The molecule has 2 unspecified atom stereocenters. The van der Waals surface area contributed by atoms with Gasteiger partial charge in [-0.25, -0.2) is 28.8 Å². The monoisotopic (exact) mass is 832 g/mol. The van der Waals surface area contributed by atoms with E-state index in [0.29, 0.717) is 11.1 Å². The van der Waals surface area contributed by atoms with Crippen LogP contribution in [0.4, 0.5) is 0 Å². The van der Waals surface area contributed by atoms with Crippen LogP contribution in [0.2, 0.25) is 0 Å². The van der Waals surface area contributed by atoms with Crippen LogP contribution in [0.15, 0.2) is 136 Å². The van der Waals surface area contributed by atoms with Gasteiger partial charge in [0.2, 0.25) is 0 Å².